The van der Waals surface area contributed by atoms with Crippen LogP contribution < -0.4 is 4.74 Å². The molecule has 0 aliphatic carbocycles. The van der Waals surface area contributed by atoms with Crippen LogP contribution in [0.5, 0.6) is 5.75 Å². The first-order chi connectivity index (χ1) is 16.6. The van der Waals surface area contributed by atoms with Gasteiger partial charge in [-0.2, -0.15) is 13.2 Å². The molecule has 4 nitrogen and oxygen atoms in total. The first-order valence-corrected chi connectivity index (χ1v) is 11.2. The zero-order valence-corrected chi connectivity index (χ0v) is 19.5. The van der Waals surface area contributed by atoms with Crippen molar-refractivity contribution in [3.63, 3.8) is 0 Å². The minimum Gasteiger partial charge on any atom is -0.453 e. The molecular formula is C27H20ClF3O4. The van der Waals surface area contributed by atoms with Crippen LogP contribution in [0.4, 0.5) is 13.2 Å². The summed E-state index contributed by atoms with van der Waals surface area (Å²) in [6.45, 7) is 1.76. The summed E-state index contributed by atoms with van der Waals surface area (Å²) in [5, 5.41) is 0.350. The lowest BCUT2D eigenvalue weighted by atomic mass is 9.72. The van der Waals surface area contributed by atoms with E-state index in [2.05, 4.69) is 0 Å². The van der Waals surface area contributed by atoms with Crippen LogP contribution in [-0.2, 0) is 21.4 Å². The molecule has 8 heteroatoms. The largest absolute Gasteiger partial charge is 0.453 e. The summed E-state index contributed by atoms with van der Waals surface area (Å²) in [7, 11) is 1.29. The van der Waals surface area contributed by atoms with Crippen molar-refractivity contribution in [1.29, 1.82) is 0 Å². The summed E-state index contributed by atoms with van der Waals surface area (Å²) in [6, 6.07) is 16.6. The molecule has 0 bridgehead atoms. The normalized spacial score (nSPS) is 23.7. The van der Waals surface area contributed by atoms with Crippen molar-refractivity contribution in [2.24, 2.45) is 0 Å². The Bertz CT molecular complexity index is 1350. The minimum absolute atomic E-state index is 0.00911. The highest BCUT2D eigenvalue weighted by Crippen LogP contribution is 2.56. The van der Waals surface area contributed by atoms with Gasteiger partial charge in [-0.05, 0) is 42.3 Å². The zero-order chi connectivity index (χ0) is 25.0. The predicted octanol–water partition coefficient (Wildman–Crippen LogP) is 6.59. The van der Waals surface area contributed by atoms with Crippen LogP contribution in [0, 0.1) is 6.92 Å². The van der Waals surface area contributed by atoms with Crippen molar-refractivity contribution < 1.29 is 32.2 Å². The van der Waals surface area contributed by atoms with Gasteiger partial charge in [-0.25, -0.2) is 0 Å². The van der Waals surface area contributed by atoms with Crippen LogP contribution in [0.3, 0.4) is 0 Å². The van der Waals surface area contributed by atoms with E-state index in [1.54, 1.807) is 43.3 Å². The van der Waals surface area contributed by atoms with E-state index in [4.69, 9.17) is 25.8 Å². The second kappa shape index (κ2) is 8.22. The quantitative estimate of drug-likeness (QED) is 0.407. The van der Waals surface area contributed by atoms with Crippen molar-refractivity contribution in [3.8, 4) is 5.75 Å². The predicted molar refractivity (Wildman–Crippen MR) is 124 cm³/mol. The molecule has 2 aliphatic heterocycles. The summed E-state index contributed by atoms with van der Waals surface area (Å²) in [4.78, 5) is 14.3. The number of hydrogen-bond donors (Lipinski definition) is 0. The van der Waals surface area contributed by atoms with Gasteiger partial charge in [0, 0.05) is 23.3 Å². The van der Waals surface area contributed by atoms with Gasteiger partial charge in [0.2, 0.25) is 11.4 Å². The fourth-order valence-electron chi connectivity index (χ4n) is 4.82. The van der Waals surface area contributed by atoms with Gasteiger partial charge in [0.25, 0.3) is 5.79 Å². The fraction of sp³-hybridized carbons (Fsp3) is 0.222. The number of methoxy groups -OCH3 is 1. The lowest BCUT2D eigenvalue weighted by molar-refractivity contribution is -0.254. The number of halogens is 4. The molecule has 2 atom stereocenters. The van der Waals surface area contributed by atoms with Crippen LogP contribution in [0.1, 0.15) is 32.6 Å². The molecule has 0 N–H and O–H groups in total. The first-order valence-electron chi connectivity index (χ1n) is 10.8. The number of aryl methyl sites for hydroxylation is 1. The van der Waals surface area contributed by atoms with Crippen molar-refractivity contribution >= 4 is 23.0 Å². The van der Waals surface area contributed by atoms with Crippen molar-refractivity contribution in [2.75, 3.05) is 13.7 Å². The molecule has 3 aromatic carbocycles. The number of carbonyl (C=O) groups excluding carboxylic acids is 1. The number of alkyl halides is 3. The Kier molecular flexibility index (Phi) is 5.55. The Labute approximate surface area is 204 Å². The highest BCUT2D eigenvalue weighted by atomic mass is 35.5. The van der Waals surface area contributed by atoms with E-state index in [0.717, 1.165) is 12.1 Å². The second-order valence-corrected chi connectivity index (χ2v) is 8.81. The van der Waals surface area contributed by atoms with Gasteiger partial charge in [0.1, 0.15) is 5.75 Å². The average molecular weight is 501 g/mol. The van der Waals surface area contributed by atoms with Crippen LogP contribution in [0.25, 0.3) is 5.57 Å². The Morgan fingerprint density at radius 2 is 1.77 bits per heavy atom. The zero-order valence-electron chi connectivity index (χ0n) is 18.8. The summed E-state index contributed by atoms with van der Waals surface area (Å²) in [6.07, 6.45) is -2.90. The van der Waals surface area contributed by atoms with Gasteiger partial charge < -0.3 is 14.2 Å². The molecule has 3 aromatic rings. The average Bonchev–Trinajstić information content (AvgIpc) is 3.29. The van der Waals surface area contributed by atoms with Gasteiger partial charge in [0.15, 0.2) is 0 Å². The maximum atomic E-state index is 14.3. The van der Waals surface area contributed by atoms with Gasteiger partial charge in [0.05, 0.1) is 17.7 Å². The van der Waals surface area contributed by atoms with E-state index < -0.39 is 28.9 Å². The third-order valence-electron chi connectivity index (χ3n) is 6.45. The molecule has 2 aliphatic rings. The maximum absolute atomic E-state index is 14.3. The molecule has 0 aromatic heterocycles. The van der Waals surface area contributed by atoms with E-state index in [1.807, 2.05) is 6.07 Å². The number of carbonyl (C=O) groups is 1. The van der Waals surface area contributed by atoms with Crippen LogP contribution in [-0.4, -0.2) is 25.1 Å². The summed E-state index contributed by atoms with van der Waals surface area (Å²) >= 11 is 6.33. The van der Waals surface area contributed by atoms with Crippen LogP contribution in [0.2, 0.25) is 5.02 Å². The standard InChI is InChI=1S/C27H20ClF3O4/c1-16-13-23-20(15-22(16)28)24(32)25(21(11-12-34-25)17-7-4-3-5-8-17)26(33-2,35-23)18-9-6-10-19(14-18)27(29,30)31/h3-11,13-15H,12H2,1-2H3/t25-,26+/m1/s1. The fourth-order valence-corrected chi connectivity index (χ4v) is 4.98. The summed E-state index contributed by atoms with van der Waals surface area (Å²) < 4.78 is 59.5. The highest BCUT2D eigenvalue weighted by Gasteiger charge is 2.68. The minimum atomic E-state index is -4.62. The van der Waals surface area contributed by atoms with Crippen molar-refractivity contribution in [2.45, 2.75) is 24.5 Å². The SMILES string of the molecule is CO[C@@]1(c2cccc(C(F)(F)F)c2)Oc2cc(C)c(Cl)cc2C(=O)[C@@]12OCC=C2c1ccccc1. The van der Waals surface area contributed by atoms with Gasteiger partial charge >= 0.3 is 6.18 Å². The number of ether oxygens (including phenoxy) is 3. The number of rotatable bonds is 3. The van der Waals surface area contributed by atoms with Crippen molar-refractivity contribution in [1.82, 2.24) is 0 Å². The highest BCUT2D eigenvalue weighted by molar-refractivity contribution is 6.32. The molecule has 1 spiro atoms. The van der Waals surface area contributed by atoms with Crippen molar-refractivity contribution in [3.05, 3.63) is 106 Å². The first kappa shape index (κ1) is 23.6. The van der Waals surface area contributed by atoms with Gasteiger partial charge in [-0.1, -0.05) is 60.1 Å². The second-order valence-electron chi connectivity index (χ2n) is 8.40. The molecule has 5 rings (SSSR count). The number of ketones is 1. The molecule has 0 radical (unpaired) electrons. The third-order valence-corrected chi connectivity index (χ3v) is 6.86. The van der Waals surface area contributed by atoms with Crippen LogP contribution >= 0.6 is 11.6 Å². The lowest BCUT2D eigenvalue weighted by Gasteiger charge is -2.49. The van der Waals surface area contributed by atoms with Crippen LogP contribution in [0.15, 0.2) is 72.8 Å². The number of fused-ring (bicyclic) bond motifs is 1. The monoisotopic (exact) mass is 500 g/mol. The molecule has 35 heavy (non-hydrogen) atoms. The summed E-state index contributed by atoms with van der Waals surface area (Å²) in [5.41, 5.74) is -0.969. The molecule has 0 fully saturated rings. The maximum Gasteiger partial charge on any atom is 0.416 e. The van der Waals surface area contributed by atoms with E-state index >= 15 is 0 Å². The van der Waals surface area contributed by atoms with Gasteiger partial charge in [-0.3, -0.25) is 4.79 Å². The van der Waals surface area contributed by atoms with E-state index in [9.17, 15) is 18.0 Å². The Hall–Kier alpha value is -3.13. The Morgan fingerprint density at radius 3 is 2.46 bits per heavy atom. The molecular weight excluding hydrogens is 481 g/mol. The topological polar surface area (TPSA) is 44.8 Å². The Balaban J connectivity index is 1.84. The lowest BCUT2D eigenvalue weighted by Crippen LogP contribution is -2.64. The van der Waals surface area contributed by atoms with Gasteiger partial charge in [-0.15, -0.1) is 0 Å². The molecule has 2 heterocycles. The molecule has 0 unspecified atom stereocenters. The summed E-state index contributed by atoms with van der Waals surface area (Å²) in [5.74, 6) is -2.44. The molecule has 180 valence electrons. The molecule has 0 saturated carbocycles. The van der Waals surface area contributed by atoms with E-state index in [1.165, 1.54) is 25.3 Å². The smallest absolute Gasteiger partial charge is 0.416 e. The number of benzene rings is 3. The number of Topliss-reactive ketones (excluding diaryl/α,β-unsaturated/α-hetero) is 1. The van der Waals surface area contributed by atoms with E-state index in [-0.39, 0.29) is 23.5 Å². The number of hydrogen-bond acceptors (Lipinski definition) is 4. The molecule has 0 saturated heterocycles. The Morgan fingerprint density at radius 1 is 1.03 bits per heavy atom. The van der Waals surface area contributed by atoms with E-state index in [0.29, 0.717) is 21.7 Å². The molecule has 0 amide bonds. The third kappa shape index (κ3) is 3.41.